The van der Waals surface area contributed by atoms with Crippen molar-refractivity contribution in [1.82, 2.24) is 0 Å². The summed E-state index contributed by atoms with van der Waals surface area (Å²) in [5, 5.41) is 10.6. The molecule has 106 valence electrons. The molecule has 0 spiro atoms. The number of aryl methyl sites for hydroxylation is 3. The molecule has 0 aliphatic heterocycles. The molecule has 1 N–H and O–H groups in total. The molecule has 1 heterocycles. The van der Waals surface area contributed by atoms with Gasteiger partial charge in [0, 0.05) is 9.75 Å². The Hall–Kier alpha value is -1.32. The lowest BCUT2D eigenvalue weighted by atomic mass is 9.98. The van der Waals surface area contributed by atoms with Crippen molar-refractivity contribution in [2.45, 2.75) is 38.7 Å². The van der Waals surface area contributed by atoms with Gasteiger partial charge >= 0.3 is 0 Å². The fourth-order valence-electron chi connectivity index (χ4n) is 2.88. The summed E-state index contributed by atoms with van der Waals surface area (Å²) in [6, 6.07) is 8.10. The Bertz CT molecular complexity index is 592. The molecule has 3 rings (SSSR count). The van der Waals surface area contributed by atoms with Crippen molar-refractivity contribution in [3.05, 3.63) is 50.7 Å². The molecule has 0 saturated carbocycles. The average molecular weight is 288 g/mol. The molecule has 0 radical (unpaired) electrons. The number of rotatable bonds is 3. The lowest BCUT2D eigenvalue weighted by Gasteiger charge is -2.12. The molecule has 1 aliphatic rings. The van der Waals surface area contributed by atoms with Crippen LogP contribution >= 0.6 is 11.3 Å². The zero-order valence-electron chi connectivity index (χ0n) is 12.0. The molecule has 0 amide bonds. The highest BCUT2D eigenvalue weighted by molar-refractivity contribution is 7.12. The summed E-state index contributed by atoms with van der Waals surface area (Å²) in [5.41, 5.74) is 3.45. The number of thiophene rings is 1. The van der Waals surface area contributed by atoms with E-state index in [0.717, 1.165) is 21.8 Å². The largest absolute Gasteiger partial charge is 0.496 e. The maximum atomic E-state index is 10.6. The number of aliphatic hydroxyl groups excluding tert-OH is 1. The van der Waals surface area contributed by atoms with Gasteiger partial charge in [-0.15, -0.1) is 11.3 Å². The lowest BCUT2D eigenvalue weighted by Crippen LogP contribution is -1.98. The van der Waals surface area contributed by atoms with Gasteiger partial charge in [0.05, 0.1) is 7.11 Å². The van der Waals surface area contributed by atoms with E-state index in [1.807, 2.05) is 25.1 Å². The van der Waals surface area contributed by atoms with Crippen LogP contribution in [0.3, 0.4) is 0 Å². The molecule has 20 heavy (non-hydrogen) atoms. The first-order chi connectivity index (χ1) is 9.69. The van der Waals surface area contributed by atoms with Gasteiger partial charge in [-0.3, -0.25) is 0 Å². The van der Waals surface area contributed by atoms with E-state index < -0.39 is 6.10 Å². The second-order valence-corrected chi connectivity index (χ2v) is 6.60. The second kappa shape index (κ2) is 5.58. The van der Waals surface area contributed by atoms with Crippen molar-refractivity contribution < 1.29 is 9.84 Å². The van der Waals surface area contributed by atoms with Gasteiger partial charge in [-0.05, 0) is 67.5 Å². The third kappa shape index (κ3) is 2.48. The Labute approximate surface area is 124 Å². The second-order valence-electron chi connectivity index (χ2n) is 5.44. The molecule has 0 fully saturated rings. The van der Waals surface area contributed by atoms with Crippen molar-refractivity contribution in [3.63, 3.8) is 0 Å². The van der Waals surface area contributed by atoms with Crippen LogP contribution in [0, 0.1) is 6.92 Å². The quantitative estimate of drug-likeness (QED) is 0.924. The first-order valence-electron chi connectivity index (χ1n) is 7.13. The van der Waals surface area contributed by atoms with E-state index in [0.29, 0.717) is 0 Å². The zero-order valence-corrected chi connectivity index (χ0v) is 12.8. The van der Waals surface area contributed by atoms with Crippen LogP contribution in [-0.4, -0.2) is 12.2 Å². The van der Waals surface area contributed by atoms with Crippen molar-refractivity contribution in [3.8, 4) is 5.75 Å². The van der Waals surface area contributed by atoms with Crippen molar-refractivity contribution in [1.29, 1.82) is 0 Å². The van der Waals surface area contributed by atoms with Crippen molar-refractivity contribution in [2.24, 2.45) is 0 Å². The lowest BCUT2D eigenvalue weighted by molar-refractivity contribution is 0.224. The molecule has 2 aromatic rings. The number of methoxy groups -OCH3 is 1. The van der Waals surface area contributed by atoms with Gasteiger partial charge in [0.2, 0.25) is 0 Å². The standard InChI is InChI=1S/C17H20O2S/c1-11-9-13(7-8-14(11)19-2)17(18)16-10-12-5-3-4-6-15(12)20-16/h7-10,17-18H,3-6H2,1-2H3. The molecule has 1 unspecified atom stereocenters. The third-order valence-corrected chi connectivity index (χ3v) is 5.31. The first kappa shape index (κ1) is 13.7. The van der Waals surface area contributed by atoms with Crippen molar-refractivity contribution in [2.75, 3.05) is 7.11 Å². The maximum Gasteiger partial charge on any atom is 0.121 e. The summed E-state index contributed by atoms with van der Waals surface area (Å²) < 4.78 is 5.27. The molecule has 1 aromatic heterocycles. The predicted molar refractivity (Wildman–Crippen MR) is 82.8 cm³/mol. The number of aliphatic hydroxyl groups is 1. The van der Waals surface area contributed by atoms with Crippen LogP contribution in [-0.2, 0) is 12.8 Å². The van der Waals surface area contributed by atoms with Crippen LogP contribution in [0.1, 0.15) is 45.4 Å². The van der Waals surface area contributed by atoms with Gasteiger partial charge in [0.25, 0.3) is 0 Å². The minimum absolute atomic E-state index is 0.518. The highest BCUT2D eigenvalue weighted by Crippen LogP contribution is 2.36. The van der Waals surface area contributed by atoms with Gasteiger partial charge in [-0.2, -0.15) is 0 Å². The molecular formula is C17H20O2S. The number of hydrogen-bond acceptors (Lipinski definition) is 3. The van der Waals surface area contributed by atoms with Crippen LogP contribution in [0.2, 0.25) is 0 Å². The summed E-state index contributed by atoms with van der Waals surface area (Å²) in [6.45, 7) is 2.01. The SMILES string of the molecule is COc1ccc(C(O)c2cc3c(s2)CCCC3)cc1C. The Morgan fingerprint density at radius 2 is 2.00 bits per heavy atom. The molecule has 1 atom stereocenters. The normalized spacial score (nSPS) is 15.8. The molecule has 3 heteroatoms. The smallest absolute Gasteiger partial charge is 0.121 e. The Balaban J connectivity index is 1.90. The van der Waals surface area contributed by atoms with E-state index in [1.165, 1.54) is 36.1 Å². The van der Waals surface area contributed by atoms with Gasteiger partial charge in [-0.1, -0.05) is 6.07 Å². The van der Waals surface area contributed by atoms with Crippen LogP contribution < -0.4 is 4.74 Å². The maximum absolute atomic E-state index is 10.6. The van der Waals surface area contributed by atoms with Gasteiger partial charge < -0.3 is 9.84 Å². The number of fused-ring (bicyclic) bond motifs is 1. The van der Waals surface area contributed by atoms with E-state index >= 15 is 0 Å². The topological polar surface area (TPSA) is 29.5 Å². The fraction of sp³-hybridized carbons (Fsp3) is 0.412. The fourth-order valence-corrected chi connectivity index (χ4v) is 4.16. The zero-order chi connectivity index (χ0) is 14.1. The Morgan fingerprint density at radius 1 is 1.20 bits per heavy atom. The van der Waals surface area contributed by atoms with E-state index in [1.54, 1.807) is 18.4 Å². The monoisotopic (exact) mass is 288 g/mol. The van der Waals surface area contributed by atoms with E-state index in [-0.39, 0.29) is 0 Å². The van der Waals surface area contributed by atoms with E-state index in [4.69, 9.17) is 4.74 Å². The first-order valence-corrected chi connectivity index (χ1v) is 7.95. The average Bonchev–Trinajstić information content (AvgIpc) is 2.90. The van der Waals surface area contributed by atoms with Crippen LogP contribution in [0.25, 0.3) is 0 Å². The summed E-state index contributed by atoms with van der Waals surface area (Å²) in [7, 11) is 1.67. The highest BCUT2D eigenvalue weighted by Gasteiger charge is 2.19. The number of benzene rings is 1. The Morgan fingerprint density at radius 3 is 2.70 bits per heavy atom. The summed E-state index contributed by atoms with van der Waals surface area (Å²) >= 11 is 1.77. The molecule has 2 nitrogen and oxygen atoms in total. The predicted octanol–water partition coefficient (Wildman–Crippen LogP) is 4.03. The van der Waals surface area contributed by atoms with Gasteiger partial charge in [0.1, 0.15) is 11.9 Å². The summed E-state index contributed by atoms with van der Waals surface area (Å²) in [5.74, 6) is 0.867. The van der Waals surface area contributed by atoms with E-state index in [2.05, 4.69) is 6.07 Å². The number of hydrogen-bond donors (Lipinski definition) is 1. The molecule has 1 aromatic carbocycles. The van der Waals surface area contributed by atoms with E-state index in [9.17, 15) is 5.11 Å². The minimum atomic E-state index is -0.518. The summed E-state index contributed by atoms with van der Waals surface area (Å²) in [6.07, 6.45) is 4.38. The minimum Gasteiger partial charge on any atom is -0.496 e. The molecule has 0 bridgehead atoms. The van der Waals surface area contributed by atoms with Crippen LogP contribution in [0.4, 0.5) is 0 Å². The summed E-state index contributed by atoms with van der Waals surface area (Å²) in [4.78, 5) is 2.54. The van der Waals surface area contributed by atoms with Crippen LogP contribution in [0.5, 0.6) is 5.75 Å². The van der Waals surface area contributed by atoms with Crippen molar-refractivity contribution >= 4 is 11.3 Å². The van der Waals surface area contributed by atoms with Gasteiger partial charge in [-0.25, -0.2) is 0 Å². The Kier molecular flexibility index (Phi) is 3.81. The third-order valence-electron chi connectivity index (χ3n) is 4.02. The van der Waals surface area contributed by atoms with Gasteiger partial charge in [0.15, 0.2) is 0 Å². The highest BCUT2D eigenvalue weighted by atomic mass is 32.1. The molecular weight excluding hydrogens is 268 g/mol. The molecule has 1 aliphatic carbocycles. The molecule has 0 saturated heterocycles. The number of ether oxygens (including phenoxy) is 1. The van der Waals surface area contributed by atoms with Crippen LogP contribution in [0.15, 0.2) is 24.3 Å².